The zero-order chi connectivity index (χ0) is 17.6. The van der Waals surface area contributed by atoms with E-state index in [1.807, 2.05) is 0 Å². The highest BCUT2D eigenvalue weighted by atomic mass is 79.9. The molecule has 4 nitrogen and oxygen atoms in total. The SMILES string of the molecule is CCC1(CCC(=O)O)CCCN2CCc3c([nH]c4ccc(Br)cc34)C21. The Kier molecular flexibility index (Phi) is 4.40. The Morgan fingerprint density at radius 3 is 3.04 bits per heavy atom. The Morgan fingerprint density at radius 1 is 1.44 bits per heavy atom. The monoisotopic (exact) mass is 404 g/mol. The summed E-state index contributed by atoms with van der Waals surface area (Å²) >= 11 is 3.60. The molecule has 0 amide bonds. The smallest absolute Gasteiger partial charge is 0.303 e. The van der Waals surface area contributed by atoms with Crippen LogP contribution >= 0.6 is 15.9 Å². The van der Waals surface area contributed by atoms with Gasteiger partial charge in [0.2, 0.25) is 0 Å². The van der Waals surface area contributed by atoms with Gasteiger partial charge in [-0.05, 0) is 67.8 Å². The average molecular weight is 405 g/mol. The highest BCUT2D eigenvalue weighted by molar-refractivity contribution is 9.10. The number of carbonyl (C=O) groups is 1. The zero-order valence-corrected chi connectivity index (χ0v) is 16.2. The third kappa shape index (κ3) is 2.81. The minimum Gasteiger partial charge on any atom is -0.481 e. The van der Waals surface area contributed by atoms with E-state index in [9.17, 15) is 9.90 Å². The number of rotatable bonds is 4. The Labute approximate surface area is 156 Å². The Hall–Kier alpha value is -1.33. The molecule has 25 heavy (non-hydrogen) atoms. The van der Waals surface area contributed by atoms with Crippen molar-refractivity contribution in [2.75, 3.05) is 13.1 Å². The minimum absolute atomic E-state index is 0.0594. The number of piperidine rings is 1. The van der Waals surface area contributed by atoms with Crippen molar-refractivity contribution in [2.24, 2.45) is 5.41 Å². The van der Waals surface area contributed by atoms with Gasteiger partial charge in [-0.3, -0.25) is 9.69 Å². The van der Waals surface area contributed by atoms with Gasteiger partial charge in [-0.1, -0.05) is 22.9 Å². The predicted molar refractivity (Wildman–Crippen MR) is 103 cm³/mol. The molecule has 1 aromatic carbocycles. The topological polar surface area (TPSA) is 56.3 Å². The van der Waals surface area contributed by atoms with Gasteiger partial charge in [0.25, 0.3) is 0 Å². The van der Waals surface area contributed by atoms with Crippen LogP contribution in [0.2, 0.25) is 0 Å². The van der Waals surface area contributed by atoms with E-state index in [0.717, 1.165) is 43.2 Å². The standard InChI is InChI=1S/C20H25BrN2O2/c1-2-20(9-6-17(24)25)8-3-10-23-11-7-14-15-12-13(21)4-5-16(15)22-18(14)19(20)23/h4-5,12,19,22H,2-3,6-11H2,1H3,(H,24,25). The molecule has 2 aliphatic rings. The fourth-order valence-corrected chi connectivity index (χ4v) is 5.54. The number of halogens is 1. The van der Waals surface area contributed by atoms with E-state index in [0.29, 0.717) is 6.04 Å². The number of hydrogen-bond acceptors (Lipinski definition) is 2. The lowest BCUT2D eigenvalue weighted by Crippen LogP contribution is -2.49. The van der Waals surface area contributed by atoms with Crippen LogP contribution in [0, 0.1) is 5.41 Å². The number of nitrogens with one attached hydrogen (secondary N) is 1. The van der Waals surface area contributed by atoms with Gasteiger partial charge in [0.15, 0.2) is 0 Å². The predicted octanol–water partition coefficient (Wildman–Crippen LogP) is 4.88. The maximum atomic E-state index is 11.3. The maximum absolute atomic E-state index is 11.3. The lowest BCUT2D eigenvalue weighted by Gasteiger charge is -2.52. The van der Waals surface area contributed by atoms with Crippen LogP contribution in [-0.2, 0) is 11.2 Å². The van der Waals surface area contributed by atoms with Crippen LogP contribution in [0.5, 0.6) is 0 Å². The second-order valence-corrected chi connectivity index (χ2v) is 8.52. The summed E-state index contributed by atoms with van der Waals surface area (Å²) in [5.74, 6) is -0.679. The minimum atomic E-state index is -0.679. The number of carboxylic acid groups (broad SMARTS) is 1. The van der Waals surface area contributed by atoms with E-state index in [1.54, 1.807) is 0 Å². The maximum Gasteiger partial charge on any atom is 0.303 e. The van der Waals surface area contributed by atoms with E-state index < -0.39 is 5.97 Å². The van der Waals surface area contributed by atoms with Gasteiger partial charge in [0.1, 0.15) is 0 Å². The van der Waals surface area contributed by atoms with Crippen molar-refractivity contribution in [3.05, 3.63) is 33.9 Å². The number of nitrogens with zero attached hydrogens (tertiary/aromatic N) is 1. The molecule has 2 N–H and O–H groups in total. The molecule has 0 saturated carbocycles. The molecule has 4 rings (SSSR count). The van der Waals surface area contributed by atoms with Crippen molar-refractivity contribution in [3.63, 3.8) is 0 Å². The van der Waals surface area contributed by atoms with E-state index in [4.69, 9.17) is 0 Å². The molecule has 0 radical (unpaired) electrons. The van der Waals surface area contributed by atoms with Crippen molar-refractivity contribution < 1.29 is 9.90 Å². The largest absolute Gasteiger partial charge is 0.481 e. The normalized spacial score (nSPS) is 26.4. The van der Waals surface area contributed by atoms with Gasteiger partial charge in [0.05, 0.1) is 6.04 Å². The zero-order valence-electron chi connectivity index (χ0n) is 14.6. The molecule has 2 aromatic rings. The molecule has 1 fully saturated rings. The molecule has 2 atom stereocenters. The number of H-pyrrole nitrogens is 1. The first kappa shape index (κ1) is 17.1. The second-order valence-electron chi connectivity index (χ2n) is 7.61. The van der Waals surface area contributed by atoms with Gasteiger partial charge in [-0.15, -0.1) is 0 Å². The number of carboxylic acids is 1. The van der Waals surface area contributed by atoms with E-state index in [1.165, 1.54) is 28.6 Å². The second kappa shape index (κ2) is 6.44. The van der Waals surface area contributed by atoms with Gasteiger partial charge in [-0.25, -0.2) is 0 Å². The van der Waals surface area contributed by atoms with Crippen LogP contribution in [0.15, 0.2) is 22.7 Å². The van der Waals surface area contributed by atoms with Crippen LogP contribution in [0.3, 0.4) is 0 Å². The van der Waals surface area contributed by atoms with Crippen molar-refractivity contribution in [2.45, 2.75) is 51.5 Å². The van der Waals surface area contributed by atoms with E-state index >= 15 is 0 Å². The van der Waals surface area contributed by atoms with Gasteiger partial charge in [0, 0.05) is 34.0 Å². The summed E-state index contributed by atoms with van der Waals surface area (Å²) in [5.41, 5.74) is 4.03. The first-order valence-corrected chi connectivity index (χ1v) is 10.1. The molecule has 0 aliphatic carbocycles. The molecule has 134 valence electrons. The lowest BCUT2D eigenvalue weighted by atomic mass is 9.65. The van der Waals surface area contributed by atoms with E-state index in [-0.39, 0.29) is 11.8 Å². The first-order valence-electron chi connectivity index (χ1n) is 9.30. The fourth-order valence-electron chi connectivity index (χ4n) is 5.18. The third-order valence-electron chi connectivity index (χ3n) is 6.43. The van der Waals surface area contributed by atoms with Crippen LogP contribution in [-0.4, -0.2) is 34.0 Å². The Morgan fingerprint density at radius 2 is 2.28 bits per heavy atom. The molecule has 0 bridgehead atoms. The summed E-state index contributed by atoms with van der Waals surface area (Å²) in [6.07, 6.45) is 5.42. The van der Waals surface area contributed by atoms with Crippen molar-refractivity contribution in [1.82, 2.24) is 9.88 Å². The number of aromatic nitrogens is 1. The third-order valence-corrected chi connectivity index (χ3v) is 6.92. The molecule has 3 heterocycles. The molecule has 5 heteroatoms. The highest BCUT2D eigenvalue weighted by Gasteiger charge is 2.47. The average Bonchev–Trinajstić information content (AvgIpc) is 2.97. The molecule has 2 unspecified atom stereocenters. The molecule has 1 aromatic heterocycles. The number of aliphatic carboxylic acids is 1. The van der Waals surface area contributed by atoms with Gasteiger partial charge in [-0.2, -0.15) is 0 Å². The van der Waals surface area contributed by atoms with Crippen molar-refractivity contribution in [1.29, 1.82) is 0 Å². The fraction of sp³-hybridized carbons (Fsp3) is 0.550. The molecule has 1 saturated heterocycles. The Bertz CT molecular complexity index is 815. The number of benzene rings is 1. The quantitative estimate of drug-likeness (QED) is 0.762. The van der Waals surface area contributed by atoms with E-state index in [2.05, 4.69) is 50.9 Å². The summed E-state index contributed by atoms with van der Waals surface area (Å²) in [6.45, 7) is 4.43. The molecular formula is C20H25BrN2O2. The van der Waals surface area contributed by atoms with Crippen molar-refractivity contribution >= 4 is 32.8 Å². The van der Waals surface area contributed by atoms with Crippen LogP contribution in [0.4, 0.5) is 0 Å². The molecular weight excluding hydrogens is 380 g/mol. The number of hydrogen-bond donors (Lipinski definition) is 2. The van der Waals surface area contributed by atoms with Crippen LogP contribution in [0.1, 0.15) is 56.3 Å². The number of fused-ring (bicyclic) bond motifs is 5. The summed E-state index contributed by atoms with van der Waals surface area (Å²) in [7, 11) is 0. The van der Waals surface area contributed by atoms with Crippen LogP contribution in [0.25, 0.3) is 10.9 Å². The summed E-state index contributed by atoms with van der Waals surface area (Å²) in [4.78, 5) is 17.6. The van der Waals surface area contributed by atoms with Gasteiger partial charge < -0.3 is 10.1 Å². The summed E-state index contributed by atoms with van der Waals surface area (Å²) in [5, 5.41) is 10.6. The number of aromatic amines is 1. The Balaban J connectivity index is 1.82. The van der Waals surface area contributed by atoms with Gasteiger partial charge >= 0.3 is 5.97 Å². The first-order chi connectivity index (χ1) is 12.0. The molecule has 0 spiro atoms. The summed E-state index contributed by atoms with van der Waals surface area (Å²) < 4.78 is 1.11. The lowest BCUT2D eigenvalue weighted by molar-refractivity contribution is -0.138. The summed E-state index contributed by atoms with van der Waals surface area (Å²) in [6, 6.07) is 6.77. The molecule has 2 aliphatic heterocycles. The van der Waals surface area contributed by atoms with Crippen LogP contribution < -0.4 is 0 Å². The highest BCUT2D eigenvalue weighted by Crippen LogP contribution is 2.53. The van der Waals surface area contributed by atoms with Crippen molar-refractivity contribution in [3.8, 4) is 0 Å².